The van der Waals surface area contributed by atoms with Crippen LogP contribution >= 0.6 is 0 Å². The van der Waals surface area contributed by atoms with Gasteiger partial charge in [-0.2, -0.15) is 0 Å². The molecule has 82 valence electrons. The molecule has 0 aromatic rings. The molecule has 0 fully saturated rings. The van der Waals surface area contributed by atoms with Gasteiger partial charge in [0, 0.05) is 0 Å². The van der Waals surface area contributed by atoms with Crippen LogP contribution in [0.3, 0.4) is 0 Å². The normalized spacial score (nSPS) is 16.9. The van der Waals surface area contributed by atoms with Gasteiger partial charge in [0.2, 0.25) is 0 Å². The first-order valence-electron chi connectivity index (χ1n) is 4.93. The molecular formula is C12H16Cl2Zr. The van der Waals surface area contributed by atoms with E-state index in [1.165, 1.54) is 12.8 Å². The third-order valence-electron chi connectivity index (χ3n) is 3.15. The second-order valence-electron chi connectivity index (χ2n) is 4.27. The first-order chi connectivity index (χ1) is 6.21. The average molecular weight is 322 g/mol. The van der Waals surface area contributed by atoms with Gasteiger partial charge in [-0.15, -0.1) is 0 Å². The van der Waals surface area contributed by atoms with Crippen LogP contribution in [0.5, 0.6) is 0 Å². The number of hydrogen-bond acceptors (Lipinski definition) is 0. The van der Waals surface area contributed by atoms with E-state index < -0.39 is 20.3 Å². The molecule has 0 bridgehead atoms. The molecule has 2 aliphatic carbocycles. The Balaban J connectivity index is 0.000000980. The fourth-order valence-electron chi connectivity index (χ4n) is 2.03. The summed E-state index contributed by atoms with van der Waals surface area (Å²) in [6, 6.07) is 0. The van der Waals surface area contributed by atoms with Crippen molar-refractivity contribution in [3.63, 3.8) is 0 Å². The molecule has 0 aromatic heterocycles. The van der Waals surface area contributed by atoms with Gasteiger partial charge in [0.15, 0.2) is 0 Å². The molecule has 0 saturated heterocycles. The molecule has 0 unspecified atom stereocenters. The quantitative estimate of drug-likeness (QED) is 0.548. The van der Waals surface area contributed by atoms with Crippen molar-refractivity contribution in [1.29, 1.82) is 0 Å². The van der Waals surface area contributed by atoms with Crippen LogP contribution in [-0.2, 0) is 20.3 Å². The van der Waals surface area contributed by atoms with E-state index in [4.69, 9.17) is 0 Å². The zero-order valence-corrected chi connectivity index (χ0v) is 13.1. The molecule has 0 saturated carbocycles. The zero-order chi connectivity index (χ0) is 9.31. The van der Waals surface area contributed by atoms with Crippen molar-refractivity contribution < 1.29 is 45.1 Å². The van der Waals surface area contributed by atoms with Crippen LogP contribution in [0.1, 0.15) is 12.8 Å². The molecule has 0 aliphatic heterocycles. The van der Waals surface area contributed by atoms with Crippen LogP contribution in [0, 0.1) is 0 Å². The Kier molecular flexibility index (Phi) is 6.41. The summed E-state index contributed by atoms with van der Waals surface area (Å²) >= 11 is -2.01. The van der Waals surface area contributed by atoms with E-state index in [9.17, 15) is 0 Å². The molecule has 0 radical (unpaired) electrons. The number of rotatable bonds is 2. The summed E-state index contributed by atoms with van der Waals surface area (Å²) in [4.78, 5) is 0. The van der Waals surface area contributed by atoms with E-state index in [0.717, 1.165) is 0 Å². The van der Waals surface area contributed by atoms with Crippen LogP contribution in [0.15, 0.2) is 43.0 Å². The van der Waals surface area contributed by atoms with Crippen molar-refractivity contribution in [2.45, 2.75) is 22.1 Å². The number of allylic oxidation sites excluding steroid dienone is 8. The van der Waals surface area contributed by atoms with Crippen LogP contribution in [0.25, 0.3) is 0 Å². The van der Waals surface area contributed by atoms with Crippen molar-refractivity contribution in [1.82, 2.24) is 0 Å². The van der Waals surface area contributed by atoms with Crippen LogP contribution in [-0.4, -0.2) is 0 Å². The number of halogens is 2. The fraction of sp³-hybridized carbons (Fsp3) is 0.333. The minimum atomic E-state index is -2.01. The Labute approximate surface area is 109 Å². The van der Waals surface area contributed by atoms with Gasteiger partial charge in [-0.25, -0.2) is 0 Å². The molecule has 3 heteroatoms. The molecule has 0 aromatic carbocycles. The maximum absolute atomic E-state index is 2.53. The van der Waals surface area contributed by atoms with E-state index >= 15 is 0 Å². The number of hydrogen-bond donors (Lipinski definition) is 0. The Morgan fingerprint density at radius 3 is 1.53 bits per heavy atom. The molecule has 0 amide bonds. The van der Waals surface area contributed by atoms with E-state index in [1.807, 2.05) is 0 Å². The van der Waals surface area contributed by atoms with Gasteiger partial charge < -0.3 is 24.8 Å². The minimum absolute atomic E-state index is 0. The van der Waals surface area contributed by atoms with Crippen LogP contribution in [0.4, 0.5) is 0 Å². The van der Waals surface area contributed by atoms with E-state index in [-0.39, 0.29) is 24.8 Å². The Bertz CT molecular complexity index is 304. The largest absolute Gasteiger partial charge is 1.00 e. The maximum Gasteiger partial charge on any atom is -1.00 e. The maximum atomic E-state index is 2.53. The van der Waals surface area contributed by atoms with Crippen molar-refractivity contribution in [2.75, 3.05) is 0 Å². The molecule has 0 nitrogen and oxygen atoms in total. The van der Waals surface area contributed by atoms with Crippen molar-refractivity contribution in [3.8, 4) is 0 Å². The van der Waals surface area contributed by atoms with E-state index in [0.29, 0.717) is 0 Å². The average Bonchev–Trinajstić information content (AvgIpc) is 2.78. The molecule has 0 heterocycles. The van der Waals surface area contributed by atoms with Gasteiger partial charge in [0.1, 0.15) is 0 Å². The van der Waals surface area contributed by atoms with Crippen molar-refractivity contribution >= 4 is 0 Å². The van der Waals surface area contributed by atoms with E-state index in [2.05, 4.69) is 45.7 Å². The second-order valence-corrected chi connectivity index (χ2v) is 15.4. The topological polar surface area (TPSA) is 0 Å². The summed E-state index contributed by atoms with van der Waals surface area (Å²) < 4.78 is 8.58. The predicted molar refractivity (Wildman–Crippen MR) is 55.4 cm³/mol. The molecule has 0 N–H and O–H groups in total. The van der Waals surface area contributed by atoms with Gasteiger partial charge in [-0.1, -0.05) is 0 Å². The first-order valence-corrected chi connectivity index (χ1v) is 12.3. The van der Waals surface area contributed by atoms with Crippen molar-refractivity contribution in [3.05, 3.63) is 43.0 Å². The second kappa shape index (κ2) is 6.23. The summed E-state index contributed by atoms with van der Waals surface area (Å²) in [5, 5.41) is 0. The van der Waals surface area contributed by atoms with Gasteiger partial charge in [-0.05, 0) is 0 Å². The monoisotopic (exact) mass is 320 g/mol. The Morgan fingerprint density at radius 2 is 1.27 bits per heavy atom. The molecule has 2 rings (SSSR count). The minimum Gasteiger partial charge on any atom is -1.00 e. The molecule has 0 atom stereocenters. The summed E-state index contributed by atoms with van der Waals surface area (Å²) in [6.07, 6.45) is 16.2. The summed E-state index contributed by atoms with van der Waals surface area (Å²) in [6.45, 7) is 0. The van der Waals surface area contributed by atoms with Gasteiger partial charge in [-0.3, -0.25) is 0 Å². The summed E-state index contributed by atoms with van der Waals surface area (Å²) in [7, 11) is 0. The first kappa shape index (κ1) is 15.4. The summed E-state index contributed by atoms with van der Waals surface area (Å²) in [5.41, 5.74) is 0. The van der Waals surface area contributed by atoms with Gasteiger partial charge >= 0.3 is 85.4 Å². The smallest absolute Gasteiger partial charge is 1.00 e. The zero-order valence-electron chi connectivity index (χ0n) is 9.13. The SMILES string of the molecule is [CH3][Zr+2]([CH3])([C]1=CC=CC1)[C]1=CC=CC1.[Cl-].[Cl-]. The predicted octanol–water partition coefficient (Wildman–Crippen LogP) is -2.07. The van der Waals surface area contributed by atoms with Gasteiger partial charge in [0.25, 0.3) is 0 Å². The van der Waals surface area contributed by atoms with E-state index in [1.54, 1.807) is 6.56 Å². The third kappa shape index (κ3) is 3.19. The van der Waals surface area contributed by atoms with Crippen LogP contribution in [0.2, 0.25) is 9.26 Å². The standard InChI is InChI=1S/2C5H5.2CH3.2ClH.Zr/c2*1-2-4-5-3-1;;;;;/h2*1-3H,4H2;2*1H3;2*1H;/q;;;;;;+2/p-2. The van der Waals surface area contributed by atoms with Crippen molar-refractivity contribution in [2.24, 2.45) is 0 Å². The Morgan fingerprint density at radius 1 is 0.867 bits per heavy atom. The van der Waals surface area contributed by atoms with Crippen LogP contribution < -0.4 is 24.8 Å². The van der Waals surface area contributed by atoms with Gasteiger partial charge in [0.05, 0.1) is 0 Å². The fourth-order valence-corrected chi connectivity index (χ4v) is 8.65. The molecule has 2 aliphatic rings. The summed E-state index contributed by atoms with van der Waals surface area (Å²) in [5.74, 6) is 0. The molecule has 0 spiro atoms. The Hall–Kier alpha value is 0.423. The molecular weight excluding hydrogens is 306 g/mol. The third-order valence-corrected chi connectivity index (χ3v) is 12.9. The molecule has 15 heavy (non-hydrogen) atoms.